The summed E-state index contributed by atoms with van der Waals surface area (Å²) in [5.74, 6) is 1.39. The summed E-state index contributed by atoms with van der Waals surface area (Å²) in [6.45, 7) is 3.18. The molecule has 1 heterocycles. The second-order valence-corrected chi connectivity index (χ2v) is 4.60. The first kappa shape index (κ1) is 9.02. The SMILES string of the molecule is CC[C@]12C=COC[C@H]1[C@@H]2c1ccccc1. The molecule has 1 saturated carbocycles. The highest BCUT2D eigenvalue weighted by molar-refractivity contribution is 5.37. The highest BCUT2D eigenvalue weighted by Gasteiger charge is 2.63. The lowest BCUT2D eigenvalue weighted by Crippen LogP contribution is -2.07. The Morgan fingerprint density at radius 1 is 1.33 bits per heavy atom. The van der Waals surface area contributed by atoms with Gasteiger partial charge in [0.05, 0.1) is 12.9 Å². The lowest BCUT2D eigenvalue weighted by molar-refractivity contribution is 0.199. The van der Waals surface area contributed by atoms with Crippen molar-refractivity contribution in [3.05, 3.63) is 48.2 Å². The normalized spacial score (nSPS) is 36.9. The van der Waals surface area contributed by atoms with E-state index in [1.54, 1.807) is 0 Å². The summed E-state index contributed by atoms with van der Waals surface area (Å²) in [5, 5.41) is 0. The summed E-state index contributed by atoms with van der Waals surface area (Å²) in [7, 11) is 0. The third kappa shape index (κ3) is 1.16. The van der Waals surface area contributed by atoms with Crippen LogP contribution >= 0.6 is 0 Å². The summed E-state index contributed by atoms with van der Waals surface area (Å²) >= 11 is 0. The molecule has 1 aliphatic heterocycles. The quantitative estimate of drug-likeness (QED) is 0.711. The zero-order valence-electron chi connectivity index (χ0n) is 9.02. The number of benzene rings is 1. The van der Waals surface area contributed by atoms with E-state index in [9.17, 15) is 0 Å². The number of hydrogen-bond acceptors (Lipinski definition) is 1. The van der Waals surface area contributed by atoms with Gasteiger partial charge in [-0.3, -0.25) is 0 Å². The van der Waals surface area contributed by atoms with Gasteiger partial charge in [-0.05, 0) is 18.1 Å². The predicted octanol–water partition coefficient (Wildman–Crippen LogP) is 3.34. The molecule has 1 aromatic rings. The van der Waals surface area contributed by atoms with Gasteiger partial charge in [-0.25, -0.2) is 0 Å². The summed E-state index contributed by atoms with van der Waals surface area (Å²) < 4.78 is 5.42. The maximum absolute atomic E-state index is 5.42. The average Bonchev–Trinajstić information content (AvgIpc) is 3.00. The summed E-state index contributed by atoms with van der Waals surface area (Å²) in [6.07, 6.45) is 5.39. The highest BCUT2D eigenvalue weighted by Crippen LogP contribution is 2.68. The molecule has 78 valence electrons. The first-order valence-electron chi connectivity index (χ1n) is 5.73. The zero-order chi connectivity index (χ0) is 10.3. The van der Waals surface area contributed by atoms with Crippen molar-refractivity contribution in [1.29, 1.82) is 0 Å². The molecule has 1 aromatic carbocycles. The third-order valence-electron chi connectivity index (χ3n) is 4.08. The molecule has 0 aromatic heterocycles. The minimum Gasteiger partial charge on any atom is -0.501 e. The molecule has 15 heavy (non-hydrogen) atoms. The van der Waals surface area contributed by atoms with Gasteiger partial charge in [0, 0.05) is 17.3 Å². The molecule has 0 radical (unpaired) electrons. The Morgan fingerprint density at radius 3 is 2.80 bits per heavy atom. The Morgan fingerprint density at radius 2 is 2.13 bits per heavy atom. The number of ether oxygens (including phenoxy) is 1. The number of allylic oxidation sites excluding steroid dienone is 1. The van der Waals surface area contributed by atoms with Crippen molar-refractivity contribution in [2.24, 2.45) is 11.3 Å². The average molecular weight is 200 g/mol. The van der Waals surface area contributed by atoms with Crippen LogP contribution in [0, 0.1) is 11.3 Å². The van der Waals surface area contributed by atoms with E-state index in [1.165, 1.54) is 12.0 Å². The number of hydrogen-bond donors (Lipinski definition) is 0. The molecule has 0 amide bonds. The second-order valence-electron chi connectivity index (χ2n) is 4.60. The van der Waals surface area contributed by atoms with Gasteiger partial charge in [-0.15, -0.1) is 0 Å². The summed E-state index contributed by atoms with van der Waals surface area (Å²) in [5.41, 5.74) is 1.87. The van der Waals surface area contributed by atoms with E-state index in [0.717, 1.165) is 6.61 Å². The molecule has 1 heteroatoms. The molecule has 1 aliphatic carbocycles. The lowest BCUT2D eigenvalue weighted by atomic mass is 9.95. The lowest BCUT2D eigenvalue weighted by Gasteiger charge is -2.14. The van der Waals surface area contributed by atoms with Crippen molar-refractivity contribution in [1.82, 2.24) is 0 Å². The van der Waals surface area contributed by atoms with Gasteiger partial charge in [-0.1, -0.05) is 37.3 Å². The molecular formula is C14H16O. The van der Waals surface area contributed by atoms with Gasteiger partial charge in [-0.2, -0.15) is 0 Å². The van der Waals surface area contributed by atoms with Crippen LogP contribution in [-0.4, -0.2) is 6.61 Å². The molecule has 0 N–H and O–H groups in total. The topological polar surface area (TPSA) is 9.23 Å². The summed E-state index contributed by atoms with van der Waals surface area (Å²) in [4.78, 5) is 0. The van der Waals surface area contributed by atoms with Crippen molar-refractivity contribution in [2.75, 3.05) is 6.61 Å². The molecule has 0 spiro atoms. The van der Waals surface area contributed by atoms with Gasteiger partial charge in [0.2, 0.25) is 0 Å². The minimum absolute atomic E-state index is 0.402. The second kappa shape index (κ2) is 3.13. The smallest absolute Gasteiger partial charge is 0.0916 e. The molecular weight excluding hydrogens is 184 g/mol. The summed E-state index contributed by atoms with van der Waals surface area (Å²) in [6, 6.07) is 10.8. The van der Waals surface area contributed by atoms with Crippen LogP contribution in [0.5, 0.6) is 0 Å². The van der Waals surface area contributed by atoms with Gasteiger partial charge in [0.1, 0.15) is 0 Å². The molecule has 1 nitrogen and oxygen atoms in total. The standard InChI is InChI=1S/C14H16O/c1-2-14-8-9-15-10-12(14)13(14)11-6-4-3-5-7-11/h3-9,12-13H,2,10H2,1H3/t12-,13-,14-/m0/s1. The third-order valence-corrected chi connectivity index (χ3v) is 4.08. The fourth-order valence-corrected chi connectivity index (χ4v) is 3.16. The van der Waals surface area contributed by atoms with Crippen molar-refractivity contribution >= 4 is 0 Å². The Balaban J connectivity index is 1.95. The highest BCUT2D eigenvalue weighted by atomic mass is 16.5. The maximum atomic E-state index is 5.42. The van der Waals surface area contributed by atoms with Crippen LogP contribution in [0.25, 0.3) is 0 Å². The van der Waals surface area contributed by atoms with E-state index in [4.69, 9.17) is 4.74 Å². The molecule has 0 unspecified atom stereocenters. The van der Waals surface area contributed by atoms with E-state index < -0.39 is 0 Å². The van der Waals surface area contributed by atoms with Crippen molar-refractivity contribution < 1.29 is 4.74 Å². The largest absolute Gasteiger partial charge is 0.501 e. The van der Waals surface area contributed by atoms with E-state index in [0.29, 0.717) is 17.3 Å². The molecule has 3 atom stereocenters. The fourth-order valence-electron chi connectivity index (χ4n) is 3.16. The van der Waals surface area contributed by atoms with Crippen molar-refractivity contribution in [3.8, 4) is 0 Å². The first-order chi connectivity index (χ1) is 7.38. The molecule has 2 aliphatic rings. The number of fused-ring (bicyclic) bond motifs is 1. The van der Waals surface area contributed by atoms with E-state index in [1.807, 2.05) is 6.26 Å². The van der Waals surface area contributed by atoms with Gasteiger partial charge in [0.15, 0.2) is 0 Å². The van der Waals surface area contributed by atoms with Crippen molar-refractivity contribution in [3.63, 3.8) is 0 Å². The fraction of sp³-hybridized carbons (Fsp3) is 0.429. The van der Waals surface area contributed by atoms with Gasteiger partial charge >= 0.3 is 0 Å². The Labute approximate surface area is 90.8 Å². The molecule has 0 saturated heterocycles. The van der Waals surface area contributed by atoms with Crippen LogP contribution in [0.4, 0.5) is 0 Å². The monoisotopic (exact) mass is 200 g/mol. The molecule has 0 bridgehead atoms. The van der Waals surface area contributed by atoms with Crippen LogP contribution in [0.1, 0.15) is 24.8 Å². The van der Waals surface area contributed by atoms with E-state index in [2.05, 4.69) is 43.3 Å². The first-order valence-corrected chi connectivity index (χ1v) is 5.73. The van der Waals surface area contributed by atoms with Gasteiger partial charge < -0.3 is 4.74 Å². The predicted molar refractivity (Wildman–Crippen MR) is 60.5 cm³/mol. The van der Waals surface area contributed by atoms with Gasteiger partial charge in [0.25, 0.3) is 0 Å². The van der Waals surface area contributed by atoms with Crippen molar-refractivity contribution in [2.45, 2.75) is 19.3 Å². The molecule has 3 rings (SSSR count). The van der Waals surface area contributed by atoms with Crippen LogP contribution in [0.3, 0.4) is 0 Å². The van der Waals surface area contributed by atoms with Crippen LogP contribution in [0.15, 0.2) is 42.7 Å². The Bertz CT molecular complexity index is 382. The number of rotatable bonds is 2. The zero-order valence-corrected chi connectivity index (χ0v) is 9.02. The van der Waals surface area contributed by atoms with E-state index >= 15 is 0 Å². The van der Waals surface area contributed by atoms with Crippen LogP contribution < -0.4 is 0 Å². The van der Waals surface area contributed by atoms with E-state index in [-0.39, 0.29) is 0 Å². The molecule has 1 fully saturated rings. The van der Waals surface area contributed by atoms with Crippen LogP contribution in [-0.2, 0) is 4.74 Å². The Kier molecular flexibility index (Phi) is 1.88. The van der Waals surface area contributed by atoms with Crippen LogP contribution in [0.2, 0.25) is 0 Å². The minimum atomic E-state index is 0.402. The Hall–Kier alpha value is -1.24. The maximum Gasteiger partial charge on any atom is 0.0916 e.